The van der Waals surface area contributed by atoms with E-state index in [1.165, 1.54) is 6.42 Å². The molecule has 4 nitrogen and oxygen atoms in total. The van der Waals surface area contributed by atoms with Gasteiger partial charge < -0.3 is 10.0 Å². The van der Waals surface area contributed by atoms with Crippen LogP contribution in [0, 0.1) is 18.8 Å². The van der Waals surface area contributed by atoms with E-state index >= 15 is 0 Å². The lowest BCUT2D eigenvalue weighted by atomic mass is 9.89. The van der Waals surface area contributed by atoms with Crippen LogP contribution in [-0.2, 0) is 0 Å². The summed E-state index contributed by atoms with van der Waals surface area (Å²) in [4.78, 5) is 17.9. The molecule has 0 spiro atoms. The number of carboxylic acids is 1. The van der Waals surface area contributed by atoms with Crippen LogP contribution >= 0.6 is 0 Å². The Morgan fingerprint density at radius 2 is 2.10 bits per heavy atom. The van der Waals surface area contributed by atoms with Gasteiger partial charge in [-0.25, -0.2) is 9.78 Å². The maximum atomic E-state index is 11.2. The molecule has 1 unspecified atom stereocenters. The van der Waals surface area contributed by atoms with Crippen LogP contribution in [0.5, 0.6) is 0 Å². The molecular weight excluding hydrogens is 252 g/mol. The summed E-state index contributed by atoms with van der Waals surface area (Å²) in [6.07, 6.45) is 3.57. The quantitative estimate of drug-likeness (QED) is 0.920. The van der Waals surface area contributed by atoms with E-state index < -0.39 is 5.97 Å². The van der Waals surface area contributed by atoms with Gasteiger partial charge in [-0.2, -0.15) is 0 Å². The number of aryl methyl sites for hydroxylation is 1. The van der Waals surface area contributed by atoms with E-state index in [9.17, 15) is 4.79 Å². The minimum atomic E-state index is -0.883. The number of carboxylic acid groups (broad SMARTS) is 1. The van der Waals surface area contributed by atoms with E-state index in [0.29, 0.717) is 5.56 Å². The van der Waals surface area contributed by atoms with Crippen molar-refractivity contribution in [3.8, 4) is 0 Å². The van der Waals surface area contributed by atoms with Crippen molar-refractivity contribution in [3.63, 3.8) is 0 Å². The molecule has 0 bridgehead atoms. The predicted molar refractivity (Wildman–Crippen MR) is 80.3 cm³/mol. The first-order valence-electron chi connectivity index (χ1n) is 7.44. The molecule has 0 aromatic carbocycles. The average molecular weight is 276 g/mol. The summed E-state index contributed by atoms with van der Waals surface area (Å²) in [6, 6.07) is 3.33. The van der Waals surface area contributed by atoms with Gasteiger partial charge in [0.15, 0.2) is 0 Å². The van der Waals surface area contributed by atoms with E-state index in [0.717, 1.165) is 49.3 Å². The Balaban J connectivity index is 2.17. The number of aromatic carboxylic acids is 1. The zero-order valence-electron chi connectivity index (χ0n) is 12.6. The van der Waals surface area contributed by atoms with Crippen LogP contribution < -0.4 is 4.90 Å². The molecule has 1 aromatic heterocycles. The van der Waals surface area contributed by atoms with E-state index in [2.05, 4.69) is 23.7 Å². The fourth-order valence-corrected chi connectivity index (χ4v) is 2.95. The number of pyridine rings is 1. The van der Waals surface area contributed by atoms with E-state index in [1.54, 1.807) is 12.1 Å². The molecule has 4 heteroatoms. The van der Waals surface area contributed by atoms with Gasteiger partial charge in [0.05, 0.1) is 5.56 Å². The molecule has 1 fully saturated rings. The number of aromatic nitrogens is 1. The second kappa shape index (κ2) is 6.25. The van der Waals surface area contributed by atoms with Crippen molar-refractivity contribution in [1.29, 1.82) is 0 Å². The lowest BCUT2D eigenvalue weighted by Crippen LogP contribution is -2.26. The standard InChI is InChI=1S/C16H24N2O2/c1-11(2)13-5-4-7-18(8-6-13)15-10-14(16(19)20)9-12(3)17-15/h9-11,13H,4-8H2,1-3H3,(H,19,20). The third-order valence-corrected chi connectivity index (χ3v) is 4.23. The Kier molecular flexibility index (Phi) is 4.63. The highest BCUT2D eigenvalue weighted by Gasteiger charge is 2.21. The van der Waals surface area contributed by atoms with Gasteiger partial charge in [0.25, 0.3) is 0 Å². The molecule has 0 saturated carbocycles. The molecule has 0 amide bonds. The average Bonchev–Trinajstić information content (AvgIpc) is 2.63. The van der Waals surface area contributed by atoms with Gasteiger partial charge in [0, 0.05) is 18.8 Å². The summed E-state index contributed by atoms with van der Waals surface area (Å²) in [5.41, 5.74) is 1.10. The first-order valence-corrected chi connectivity index (χ1v) is 7.44. The van der Waals surface area contributed by atoms with Crippen LogP contribution in [0.2, 0.25) is 0 Å². The lowest BCUT2D eigenvalue weighted by Gasteiger charge is -2.23. The van der Waals surface area contributed by atoms with Crippen molar-refractivity contribution in [3.05, 3.63) is 23.4 Å². The van der Waals surface area contributed by atoms with Gasteiger partial charge in [-0.05, 0) is 50.2 Å². The molecule has 0 radical (unpaired) electrons. The van der Waals surface area contributed by atoms with E-state index in [4.69, 9.17) is 5.11 Å². The van der Waals surface area contributed by atoms with Gasteiger partial charge >= 0.3 is 5.97 Å². The monoisotopic (exact) mass is 276 g/mol. The fraction of sp³-hybridized carbons (Fsp3) is 0.625. The molecule has 1 aliphatic heterocycles. The van der Waals surface area contributed by atoms with Crippen molar-refractivity contribution in [2.75, 3.05) is 18.0 Å². The fourth-order valence-electron chi connectivity index (χ4n) is 2.95. The van der Waals surface area contributed by atoms with Crippen LogP contribution in [0.4, 0.5) is 5.82 Å². The maximum absolute atomic E-state index is 11.2. The number of hydrogen-bond donors (Lipinski definition) is 1. The number of hydrogen-bond acceptors (Lipinski definition) is 3. The third-order valence-electron chi connectivity index (χ3n) is 4.23. The minimum Gasteiger partial charge on any atom is -0.478 e. The van der Waals surface area contributed by atoms with Crippen LogP contribution in [0.1, 0.15) is 49.2 Å². The van der Waals surface area contributed by atoms with Crippen LogP contribution in [0.25, 0.3) is 0 Å². The third kappa shape index (κ3) is 3.50. The second-order valence-electron chi connectivity index (χ2n) is 6.08. The summed E-state index contributed by atoms with van der Waals surface area (Å²) in [6.45, 7) is 8.36. The first-order chi connectivity index (χ1) is 9.47. The van der Waals surface area contributed by atoms with Crippen molar-refractivity contribution in [1.82, 2.24) is 4.98 Å². The Morgan fingerprint density at radius 1 is 1.35 bits per heavy atom. The largest absolute Gasteiger partial charge is 0.478 e. The molecule has 1 saturated heterocycles. The van der Waals surface area contributed by atoms with E-state index in [1.807, 2.05) is 6.92 Å². The van der Waals surface area contributed by atoms with Gasteiger partial charge in [-0.3, -0.25) is 0 Å². The van der Waals surface area contributed by atoms with E-state index in [-0.39, 0.29) is 0 Å². The topological polar surface area (TPSA) is 53.4 Å². The zero-order chi connectivity index (χ0) is 14.7. The minimum absolute atomic E-state index is 0.331. The summed E-state index contributed by atoms with van der Waals surface area (Å²) < 4.78 is 0. The molecule has 1 aliphatic rings. The predicted octanol–water partition coefficient (Wildman–Crippen LogP) is 3.35. The Morgan fingerprint density at radius 3 is 2.75 bits per heavy atom. The summed E-state index contributed by atoms with van der Waals surface area (Å²) in [5.74, 6) is 1.41. The van der Waals surface area contributed by atoms with Crippen LogP contribution in [0.15, 0.2) is 12.1 Å². The van der Waals surface area contributed by atoms with Crippen molar-refractivity contribution in [2.24, 2.45) is 11.8 Å². The summed E-state index contributed by atoms with van der Waals surface area (Å²) >= 11 is 0. The number of anilines is 1. The number of rotatable bonds is 3. The Bertz CT molecular complexity index is 485. The van der Waals surface area contributed by atoms with Crippen molar-refractivity contribution in [2.45, 2.75) is 40.0 Å². The second-order valence-corrected chi connectivity index (χ2v) is 6.08. The molecule has 2 rings (SSSR count). The zero-order valence-corrected chi connectivity index (χ0v) is 12.6. The highest BCUT2D eigenvalue weighted by Crippen LogP contribution is 2.27. The molecule has 1 N–H and O–H groups in total. The number of nitrogens with zero attached hydrogens (tertiary/aromatic N) is 2. The lowest BCUT2D eigenvalue weighted by molar-refractivity contribution is 0.0696. The van der Waals surface area contributed by atoms with Gasteiger partial charge in [0.1, 0.15) is 5.82 Å². The molecular formula is C16H24N2O2. The van der Waals surface area contributed by atoms with Gasteiger partial charge in [-0.1, -0.05) is 13.8 Å². The molecule has 1 atom stereocenters. The molecule has 1 aromatic rings. The molecule has 2 heterocycles. The highest BCUT2D eigenvalue weighted by molar-refractivity contribution is 5.88. The maximum Gasteiger partial charge on any atom is 0.335 e. The molecule has 110 valence electrons. The van der Waals surface area contributed by atoms with Crippen molar-refractivity contribution < 1.29 is 9.90 Å². The summed E-state index contributed by atoms with van der Waals surface area (Å²) in [5, 5.41) is 9.16. The van der Waals surface area contributed by atoms with Gasteiger partial charge in [-0.15, -0.1) is 0 Å². The first kappa shape index (κ1) is 14.8. The molecule has 20 heavy (non-hydrogen) atoms. The summed E-state index contributed by atoms with van der Waals surface area (Å²) in [7, 11) is 0. The van der Waals surface area contributed by atoms with Crippen LogP contribution in [0.3, 0.4) is 0 Å². The van der Waals surface area contributed by atoms with Crippen LogP contribution in [-0.4, -0.2) is 29.1 Å². The molecule has 0 aliphatic carbocycles. The number of carbonyl (C=O) groups is 1. The smallest absolute Gasteiger partial charge is 0.335 e. The normalized spacial score (nSPS) is 20.0. The van der Waals surface area contributed by atoms with Gasteiger partial charge in [0.2, 0.25) is 0 Å². The van der Waals surface area contributed by atoms with Crippen molar-refractivity contribution >= 4 is 11.8 Å². The highest BCUT2D eigenvalue weighted by atomic mass is 16.4. The Hall–Kier alpha value is -1.58. The SMILES string of the molecule is Cc1cc(C(=O)O)cc(N2CCCC(C(C)C)CC2)n1. The Labute approximate surface area is 120 Å².